The second-order valence-corrected chi connectivity index (χ2v) is 7.28. The Hall–Kier alpha value is -0.670. The van der Waals surface area contributed by atoms with Crippen LogP contribution >= 0.6 is 11.8 Å². The third-order valence-corrected chi connectivity index (χ3v) is 5.83. The van der Waals surface area contributed by atoms with E-state index in [0.29, 0.717) is 0 Å². The van der Waals surface area contributed by atoms with E-state index in [1.807, 2.05) is 0 Å². The van der Waals surface area contributed by atoms with Crippen molar-refractivity contribution in [3.05, 3.63) is 29.3 Å². The van der Waals surface area contributed by atoms with Crippen LogP contribution in [0.25, 0.3) is 0 Å². The second-order valence-electron chi connectivity index (χ2n) is 6.00. The summed E-state index contributed by atoms with van der Waals surface area (Å²) in [5, 5.41) is 3.86. The summed E-state index contributed by atoms with van der Waals surface area (Å²) in [5.74, 6) is 2.16. The van der Waals surface area contributed by atoms with Crippen LogP contribution in [-0.2, 0) is 11.3 Å². The lowest BCUT2D eigenvalue weighted by Gasteiger charge is -2.37. The van der Waals surface area contributed by atoms with Crippen molar-refractivity contribution in [2.24, 2.45) is 0 Å². The molecule has 3 heteroatoms. The van der Waals surface area contributed by atoms with Crippen LogP contribution in [0.15, 0.2) is 18.2 Å². The van der Waals surface area contributed by atoms with Crippen LogP contribution < -0.4 is 10.1 Å². The maximum Gasteiger partial charge on any atom is 0.119 e. The molecule has 0 amide bonds. The van der Waals surface area contributed by atoms with E-state index in [0.717, 1.165) is 5.75 Å². The number of rotatable bonds is 1. The molecule has 98 valence electrons. The molecule has 0 bridgehead atoms. The van der Waals surface area contributed by atoms with Crippen LogP contribution in [0.3, 0.4) is 0 Å². The van der Waals surface area contributed by atoms with Gasteiger partial charge in [-0.05, 0) is 56.4 Å². The molecule has 1 heterocycles. The summed E-state index contributed by atoms with van der Waals surface area (Å²) in [5.41, 5.74) is 3.17. The molecule has 1 aliphatic carbocycles. The van der Waals surface area contributed by atoms with Crippen molar-refractivity contribution in [2.75, 3.05) is 12.9 Å². The summed E-state index contributed by atoms with van der Waals surface area (Å²) < 4.78 is 5.35. The van der Waals surface area contributed by atoms with E-state index in [-0.39, 0.29) is 10.4 Å². The zero-order chi connectivity index (χ0) is 12.8. The van der Waals surface area contributed by atoms with Crippen molar-refractivity contribution in [1.82, 2.24) is 5.32 Å². The first kappa shape index (κ1) is 12.4. The fraction of sp³-hybridized carbons (Fsp3) is 0.600. The Bertz CT molecular complexity index is 472. The van der Waals surface area contributed by atoms with Gasteiger partial charge in [-0.25, -0.2) is 0 Å². The number of aryl methyl sites for hydroxylation is 1. The van der Waals surface area contributed by atoms with Gasteiger partial charge < -0.3 is 4.74 Å². The molecule has 1 aromatic rings. The third-order valence-electron chi connectivity index (χ3n) is 3.94. The monoisotopic (exact) mass is 263 g/mol. The van der Waals surface area contributed by atoms with Gasteiger partial charge in [0.1, 0.15) is 5.75 Å². The van der Waals surface area contributed by atoms with Gasteiger partial charge in [-0.15, -0.1) is 11.8 Å². The standard InChI is InChI=1S/C15H21NOS/c1-14(2)10-18-15(16-14)8-4-5-11-9-12(17-3)6-7-13(11)15/h6-7,9,16H,4-5,8,10H2,1-3H3. The molecule has 18 heavy (non-hydrogen) atoms. The fourth-order valence-corrected chi connectivity index (χ4v) is 4.83. The summed E-state index contributed by atoms with van der Waals surface area (Å²) in [4.78, 5) is 0.142. The summed E-state index contributed by atoms with van der Waals surface area (Å²) in [7, 11) is 1.74. The average molecular weight is 263 g/mol. The van der Waals surface area contributed by atoms with E-state index in [2.05, 4.69) is 49.1 Å². The van der Waals surface area contributed by atoms with Gasteiger partial charge in [-0.2, -0.15) is 0 Å². The number of fused-ring (bicyclic) bond motifs is 2. The molecule has 1 aliphatic heterocycles. The maximum absolute atomic E-state index is 5.35. The Morgan fingerprint density at radius 3 is 2.83 bits per heavy atom. The molecular formula is C15H21NOS. The number of thioether (sulfide) groups is 1. The molecule has 2 nitrogen and oxygen atoms in total. The zero-order valence-corrected chi connectivity index (χ0v) is 12.2. The van der Waals surface area contributed by atoms with Gasteiger partial charge in [0, 0.05) is 11.3 Å². The molecule has 0 radical (unpaired) electrons. The smallest absolute Gasteiger partial charge is 0.119 e. The summed E-state index contributed by atoms with van der Waals surface area (Å²) in [6.45, 7) is 4.60. The Labute approximate surface area is 113 Å². The van der Waals surface area contributed by atoms with Gasteiger partial charge in [-0.3, -0.25) is 5.32 Å². The normalized spacial score (nSPS) is 29.3. The summed E-state index contributed by atoms with van der Waals surface area (Å²) >= 11 is 2.08. The molecule has 1 N–H and O–H groups in total. The molecule has 1 aromatic carbocycles. The van der Waals surface area contributed by atoms with Crippen molar-refractivity contribution in [2.45, 2.75) is 43.5 Å². The first-order chi connectivity index (χ1) is 8.55. The number of benzene rings is 1. The number of ether oxygens (including phenoxy) is 1. The van der Waals surface area contributed by atoms with Crippen molar-refractivity contribution in [1.29, 1.82) is 0 Å². The Morgan fingerprint density at radius 1 is 1.33 bits per heavy atom. The van der Waals surface area contributed by atoms with E-state index in [1.165, 1.54) is 36.1 Å². The van der Waals surface area contributed by atoms with Gasteiger partial charge in [0.15, 0.2) is 0 Å². The molecule has 1 atom stereocenters. The number of nitrogens with one attached hydrogen (secondary N) is 1. The maximum atomic E-state index is 5.35. The molecule has 2 aliphatic rings. The number of hydrogen-bond donors (Lipinski definition) is 1. The molecule has 1 saturated heterocycles. The van der Waals surface area contributed by atoms with Crippen molar-refractivity contribution in [3.63, 3.8) is 0 Å². The lowest BCUT2D eigenvalue weighted by molar-refractivity contribution is 0.336. The molecule has 1 fully saturated rings. The Morgan fingerprint density at radius 2 is 2.17 bits per heavy atom. The van der Waals surface area contributed by atoms with Crippen LogP contribution in [-0.4, -0.2) is 18.4 Å². The van der Waals surface area contributed by atoms with E-state index >= 15 is 0 Å². The molecule has 3 rings (SSSR count). The minimum Gasteiger partial charge on any atom is -0.497 e. The van der Waals surface area contributed by atoms with Crippen LogP contribution in [0.2, 0.25) is 0 Å². The van der Waals surface area contributed by atoms with E-state index in [9.17, 15) is 0 Å². The number of methoxy groups -OCH3 is 1. The highest BCUT2D eigenvalue weighted by Gasteiger charge is 2.46. The van der Waals surface area contributed by atoms with Gasteiger partial charge in [0.05, 0.1) is 12.0 Å². The van der Waals surface area contributed by atoms with Crippen molar-refractivity contribution in [3.8, 4) is 5.75 Å². The largest absolute Gasteiger partial charge is 0.497 e. The topological polar surface area (TPSA) is 21.3 Å². The van der Waals surface area contributed by atoms with Crippen molar-refractivity contribution < 1.29 is 4.74 Å². The highest BCUT2D eigenvalue weighted by molar-refractivity contribution is 8.00. The van der Waals surface area contributed by atoms with E-state index in [1.54, 1.807) is 7.11 Å². The lowest BCUT2D eigenvalue weighted by atomic mass is 9.86. The first-order valence-electron chi connectivity index (χ1n) is 6.65. The minimum atomic E-state index is 0.142. The zero-order valence-electron chi connectivity index (χ0n) is 11.4. The van der Waals surface area contributed by atoms with Crippen LogP contribution in [0.4, 0.5) is 0 Å². The second kappa shape index (κ2) is 4.17. The lowest BCUT2D eigenvalue weighted by Crippen LogP contribution is -2.46. The highest BCUT2D eigenvalue weighted by Crippen LogP contribution is 2.50. The third kappa shape index (κ3) is 1.94. The Kier molecular flexibility index (Phi) is 2.87. The first-order valence-corrected chi connectivity index (χ1v) is 7.64. The van der Waals surface area contributed by atoms with E-state index < -0.39 is 0 Å². The van der Waals surface area contributed by atoms with Crippen LogP contribution in [0.5, 0.6) is 5.75 Å². The predicted molar refractivity (Wildman–Crippen MR) is 77.3 cm³/mol. The molecule has 0 saturated carbocycles. The predicted octanol–water partition coefficient (Wildman–Crippen LogP) is 3.30. The van der Waals surface area contributed by atoms with Crippen LogP contribution in [0.1, 0.15) is 37.8 Å². The average Bonchev–Trinajstić information content (AvgIpc) is 2.65. The summed E-state index contributed by atoms with van der Waals surface area (Å²) in [6.07, 6.45) is 3.67. The number of hydrogen-bond acceptors (Lipinski definition) is 3. The quantitative estimate of drug-likeness (QED) is 0.840. The van der Waals surface area contributed by atoms with Crippen molar-refractivity contribution >= 4 is 11.8 Å². The summed E-state index contributed by atoms with van der Waals surface area (Å²) in [6, 6.07) is 6.57. The molecule has 0 aromatic heterocycles. The van der Waals surface area contributed by atoms with Gasteiger partial charge >= 0.3 is 0 Å². The molecule has 1 unspecified atom stereocenters. The molecule has 1 spiro atoms. The highest BCUT2D eigenvalue weighted by atomic mass is 32.2. The van der Waals surface area contributed by atoms with Gasteiger partial charge in [-0.1, -0.05) is 6.07 Å². The SMILES string of the molecule is COc1ccc2c(c1)CCCC21NC(C)(C)CS1. The van der Waals surface area contributed by atoms with Gasteiger partial charge in [0.2, 0.25) is 0 Å². The van der Waals surface area contributed by atoms with Crippen LogP contribution in [0, 0.1) is 0 Å². The van der Waals surface area contributed by atoms with Gasteiger partial charge in [0.25, 0.3) is 0 Å². The Balaban J connectivity index is 2.02. The molecular weight excluding hydrogens is 242 g/mol. The minimum absolute atomic E-state index is 0.142. The van der Waals surface area contributed by atoms with E-state index in [4.69, 9.17) is 4.74 Å². The fourth-order valence-electron chi connectivity index (χ4n) is 3.16.